The number of alkyl halides is 2. The van der Waals surface area contributed by atoms with Crippen LogP contribution in [0, 0.1) is 0 Å². The Kier molecular flexibility index (Phi) is 3.06. The van der Waals surface area contributed by atoms with E-state index in [1.54, 1.807) is 0 Å². The molecule has 0 saturated heterocycles. The Morgan fingerprint density at radius 2 is 2.06 bits per heavy atom. The summed E-state index contributed by atoms with van der Waals surface area (Å²) in [5.74, 6) is -2.26. The number of nitrogens with two attached hydrogens (primary N) is 1. The van der Waals surface area contributed by atoms with E-state index in [-0.39, 0.29) is 17.1 Å². The Bertz CT molecular complexity index is 406. The van der Waals surface area contributed by atoms with E-state index in [0.29, 0.717) is 19.0 Å². The van der Waals surface area contributed by atoms with Gasteiger partial charge in [0.15, 0.2) is 11.5 Å². The average molecular weight is 245 g/mol. The highest BCUT2D eigenvalue weighted by atomic mass is 19.3. The Morgan fingerprint density at radius 1 is 1.35 bits per heavy atom. The summed E-state index contributed by atoms with van der Waals surface area (Å²) in [7, 11) is 1.39. The first-order valence-corrected chi connectivity index (χ1v) is 5.14. The zero-order valence-electron chi connectivity index (χ0n) is 9.33. The summed E-state index contributed by atoms with van der Waals surface area (Å²) in [6, 6.07) is 2.46. The Hall–Kier alpha value is -1.56. The van der Waals surface area contributed by atoms with Gasteiger partial charge in [-0.25, -0.2) is 0 Å². The molecular formula is C11H13F2NO3. The molecule has 2 N–H and O–H groups in total. The van der Waals surface area contributed by atoms with E-state index in [9.17, 15) is 8.78 Å². The lowest BCUT2D eigenvalue weighted by Gasteiger charge is -2.23. The minimum absolute atomic E-state index is 0.227. The van der Waals surface area contributed by atoms with E-state index in [4.69, 9.17) is 19.9 Å². The molecule has 0 amide bonds. The van der Waals surface area contributed by atoms with E-state index in [0.717, 1.165) is 0 Å². The molecule has 1 aromatic rings. The second-order valence-electron chi connectivity index (χ2n) is 3.61. The topological polar surface area (TPSA) is 53.7 Å². The number of halogens is 2. The molecule has 0 bridgehead atoms. The van der Waals surface area contributed by atoms with Crippen molar-refractivity contribution in [3.63, 3.8) is 0 Å². The van der Waals surface area contributed by atoms with Crippen molar-refractivity contribution in [2.75, 3.05) is 26.9 Å². The van der Waals surface area contributed by atoms with E-state index < -0.39 is 12.5 Å². The normalized spacial score (nSPS) is 14.6. The predicted molar refractivity (Wildman–Crippen MR) is 56.9 cm³/mol. The molecule has 0 saturated carbocycles. The molecule has 0 spiro atoms. The third-order valence-electron chi connectivity index (χ3n) is 2.51. The lowest BCUT2D eigenvalue weighted by atomic mass is 10.1. The van der Waals surface area contributed by atoms with Crippen LogP contribution >= 0.6 is 0 Å². The quantitative estimate of drug-likeness (QED) is 0.877. The predicted octanol–water partition coefficient (Wildman–Crippen LogP) is 1.52. The van der Waals surface area contributed by atoms with E-state index in [1.807, 2.05) is 0 Å². The monoisotopic (exact) mass is 245 g/mol. The molecular weight excluding hydrogens is 232 g/mol. The Balaban J connectivity index is 2.50. The van der Waals surface area contributed by atoms with Crippen molar-refractivity contribution >= 4 is 0 Å². The van der Waals surface area contributed by atoms with Crippen LogP contribution in [0.15, 0.2) is 12.1 Å². The second kappa shape index (κ2) is 4.37. The molecule has 0 fully saturated rings. The van der Waals surface area contributed by atoms with Crippen molar-refractivity contribution in [1.82, 2.24) is 0 Å². The first-order valence-electron chi connectivity index (χ1n) is 5.14. The van der Waals surface area contributed by atoms with E-state index in [2.05, 4.69) is 0 Å². The molecule has 0 unspecified atom stereocenters. The highest BCUT2D eigenvalue weighted by Crippen LogP contribution is 2.43. The van der Waals surface area contributed by atoms with Gasteiger partial charge in [0, 0.05) is 5.56 Å². The van der Waals surface area contributed by atoms with Gasteiger partial charge < -0.3 is 19.9 Å². The lowest BCUT2D eigenvalue weighted by Crippen LogP contribution is -2.26. The van der Waals surface area contributed by atoms with Gasteiger partial charge >= 0.3 is 0 Å². The van der Waals surface area contributed by atoms with Gasteiger partial charge in [0.1, 0.15) is 13.2 Å². The van der Waals surface area contributed by atoms with Crippen LogP contribution in [0.1, 0.15) is 5.56 Å². The molecule has 4 nitrogen and oxygen atoms in total. The maximum Gasteiger partial charge on any atom is 0.285 e. The third-order valence-corrected chi connectivity index (χ3v) is 2.51. The van der Waals surface area contributed by atoms with Gasteiger partial charge in [-0.3, -0.25) is 0 Å². The van der Waals surface area contributed by atoms with Crippen molar-refractivity contribution in [3.05, 3.63) is 17.7 Å². The SMILES string of the molecule is COc1cc(C(F)(F)CN)cc2c1OCCO2. The summed E-state index contributed by atoms with van der Waals surface area (Å²) in [4.78, 5) is 0. The van der Waals surface area contributed by atoms with Crippen LogP contribution in [-0.2, 0) is 5.92 Å². The second-order valence-corrected chi connectivity index (χ2v) is 3.61. The zero-order valence-corrected chi connectivity index (χ0v) is 9.33. The fraction of sp³-hybridized carbons (Fsp3) is 0.455. The molecule has 1 aliphatic heterocycles. The fourth-order valence-corrected chi connectivity index (χ4v) is 1.60. The summed E-state index contributed by atoms with van der Waals surface area (Å²) in [6.45, 7) is -0.0699. The molecule has 17 heavy (non-hydrogen) atoms. The molecule has 2 rings (SSSR count). The van der Waals surface area contributed by atoms with Gasteiger partial charge in [-0.05, 0) is 12.1 Å². The summed E-state index contributed by atoms with van der Waals surface area (Å²) in [5, 5.41) is 0. The average Bonchev–Trinajstić information content (AvgIpc) is 2.37. The number of ether oxygens (including phenoxy) is 3. The van der Waals surface area contributed by atoms with Crippen LogP contribution in [0.3, 0.4) is 0 Å². The number of hydrogen-bond acceptors (Lipinski definition) is 4. The number of rotatable bonds is 3. The van der Waals surface area contributed by atoms with Gasteiger partial charge in [-0.2, -0.15) is 8.78 Å². The molecule has 6 heteroatoms. The third kappa shape index (κ3) is 2.12. The highest BCUT2D eigenvalue weighted by molar-refractivity contribution is 5.55. The van der Waals surface area contributed by atoms with Crippen LogP contribution in [0.4, 0.5) is 8.78 Å². The van der Waals surface area contributed by atoms with Gasteiger partial charge in [0.25, 0.3) is 5.92 Å². The number of fused-ring (bicyclic) bond motifs is 1. The molecule has 0 radical (unpaired) electrons. The summed E-state index contributed by atoms with van der Waals surface area (Å²) in [5.41, 5.74) is 4.81. The molecule has 1 aromatic carbocycles. The molecule has 1 heterocycles. The molecule has 0 aromatic heterocycles. The van der Waals surface area contributed by atoms with E-state index >= 15 is 0 Å². The maximum absolute atomic E-state index is 13.5. The molecule has 94 valence electrons. The van der Waals surface area contributed by atoms with Gasteiger partial charge in [-0.15, -0.1) is 0 Å². The Labute approximate surface area is 97.3 Å². The summed E-state index contributed by atoms with van der Waals surface area (Å²) >= 11 is 0. The highest BCUT2D eigenvalue weighted by Gasteiger charge is 2.33. The smallest absolute Gasteiger partial charge is 0.285 e. The minimum atomic E-state index is -3.11. The largest absolute Gasteiger partial charge is 0.493 e. The molecule has 1 aliphatic rings. The summed E-state index contributed by atoms with van der Waals surface area (Å²) < 4.78 is 42.6. The molecule has 0 atom stereocenters. The van der Waals surface area contributed by atoms with Gasteiger partial charge in [0.2, 0.25) is 5.75 Å². The van der Waals surface area contributed by atoms with Crippen LogP contribution in [-0.4, -0.2) is 26.9 Å². The standard InChI is InChI=1S/C11H13F2NO3/c1-15-8-4-7(11(12,13)6-14)5-9-10(8)17-3-2-16-9/h4-5H,2-3,6,14H2,1H3. The van der Waals surface area contributed by atoms with Gasteiger partial charge in [-0.1, -0.05) is 0 Å². The molecule has 0 aliphatic carbocycles. The van der Waals surface area contributed by atoms with Crippen molar-refractivity contribution in [3.8, 4) is 17.2 Å². The fourth-order valence-electron chi connectivity index (χ4n) is 1.60. The van der Waals surface area contributed by atoms with Crippen molar-refractivity contribution in [2.24, 2.45) is 5.73 Å². The van der Waals surface area contributed by atoms with Crippen LogP contribution in [0.2, 0.25) is 0 Å². The Morgan fingerprint density at radius 3 is 2.71 bits per heavy atom. The number of hydrogen-bond donors (Lipinski definition) is 1. The van der Waals surface area contributed by atoms with Crippen molar-refractivity contribution in [1.29, 1.82) is 0 Å². The number of benzene rings is 1. The van der Waals surface area contributed by atoms with Gasteiger partial charge in [0.05, 0.1) is 13.7 Å². The summed E-state index contributed by atoms with van der Waals surface area (Å²) in [6.07, 6.45) is 0. The van der Waals surface area contributed by atoms with Crippen molar-refractivity contribution < 1.29 is 23.0 Å². The van der Waals surface area contributed by atoms with Crippen LogP contribution < -0.4 is 19.9 Å². The van der Waals surface area contributed by atoms with Crippen molar-refractivity contribution in [2.45, 2.75) is 5.92 Å². The number of methoxy groups -OCH3 is 1. The lowest BCUT2D eigenvalue weighted by molar-refractivity contribution is 0.00519. The van der Waals surface area contributed by atoms with E-state index in [1.165, 1.54) is 19.2 Å². The minimum Gasteiger partial charge on any atom is -0.493 e. The van der Waals surface area contributed by atoms with Crippen LogP contribution in [0.5, 0.6) is 17.2 Å². The first-order chi connectivity index (χ1) is 8.08. The zero-order chi connectivity index (χ0) is 12.5. The first kappa shape index (κ1) is 11.9. The maximum atomic E-state index is 13.5. The van der Waals surface area contributed by atoms with Crippen LogP contribution in [0.25, 0.3) is 0 Å².